The van der Waals surface area contributed by atoms with Crippen molar-refractivity contribution < 1.29 is 4.79 Å². The van der Waals surface area contributed by atoms with E-state index in [-0.39, 0.29) is 17.2 Å². The minimum absolute atomic E-state index is 0.0954. The fourth-order valence-electron chi connectivity index (χ4n) is 3.21. The Balaban J connectivity index is 2.17. The molecule has 2 heterocycles. The molecule has 2 atom stereocenters. The van der Waals surface area contributed by atoms with Gasteiger partial charge in [-0.15, -0.1) is 9.24 Å². The summed E-state index contributed by atoms with van der Waals surface area (Å²) >= 11 is 0. The predicted molar refractivity (Wildman–Crippen MR) is 90.1 cm³/mol. The molecule has 1 N–H and O–H groups in total. The molecule has 1 aliphatic heterocycles. The monoisotopic (exact) mass is 325 g/mol. The number of carbonyl (C=O) groups excluding carboxylic acids is 1. The van der Waals surface area contributed by atoms with E-state index in [0.717, 1.165) is 5.57 Å². The molecule has 1 unspecified atom stereocenters. The standard InChI is InChI=1S/C16H16N5OP/c1-15(2)12-3-4-21(11-7-19-9-20-8-11)14(18)16(12,23)5-10(6-17)13(15)22/h3,5,7-9,18H,4,23H2,1-2H3/t16-/m0/s1. The van der Waals surface area contributed by atoms with Gasteiger partial charge in [0.2, 0.25) is 0 Å². The first kappa shape index (κ1) is 15.5. The van der Waals surface area contributed by atoms with Gasteiger partial charge in [-0.2, -0.15) is 5.26 Å². The molecule has 2 aliphatic rings. The number of ketones is 1. The van der Waals surface area contributed by atoms with Crippen molar-refractivity contribution >= 4 is 26.5 Å². The van der Waals surface area contributed by atoms with E-state index < -0.39 is 10.6 Å². The summed E-state index contributed by atoms with van der Waals surface area (Å²) in [6.45, 7) is 4.07. The molecule has 6 nitrogen and oxygen atoms in total. The Morgan fingerprint density at radius 2 is 2.04 bits per heavy atom. The number of nitrogens with one attached hydrogen (secondary N) is 1. The molecule has 116 valence electrons. The number of carbonyl (C=O) groups is 1. The lowest BCUT2D eigenvalue weighted by molar-refractivity contribution is -0.121. The molecule has 0 saturated carbocycles. The van der Waals surface area contributed by atoms with E-state index in [4.69, 9.17) is 5.41 Å². The third-order valence-electron chi connectivity index (χ3n) is 4.42. The Labute approximate surface area is 136 Å². The van der Waals surface area contributed by atoms with Crippen LogP contribution < -0.4 is 4.90 Å². The summed E-state index contributed by atoms with van der Waals surface area (Å²) in [5.74, 6) is 0.0803. The van der Waals surface area contributed by atoms with Crippen LogP contribution in [0.25, 0.3) is 0 Å². The lowest BCUT2D eigenvalue weighted by atomic mass is 9.65. The molecule has 0 bridgehead atoms. The molecule has 3 rings (SSSR count). The first-order valence-electron chi connectivity index (χ1n) is 7.11. The Morgan fingerprint density at radius 1 is 1.39 bits per heavy atom. The number of nitrogens with zero attached hydrogens (tertiary/aromatic N) is 4. The van der Waals surface area contributed by atoms with Gasteiger partial charge in [-0.1, -0.05) is 6.08 Å². The number of anilines is 1. The maximum absolute atomic E-state index is 12.5. The Morgan fingerprint density at radius 3 is 2.65 bits per heavy atom. The second-order valence-corrected chi connectivity index (χ2v) is 7.08. The van der Waals surface area contributed by atoms with Crippen LogP contribution >= 0.6 is 9.24 Å². The van der Waals surface area contributed by atoms with Gasteiger partial charge in [-0.25, -0.2) is 9.97 Å². The number of hydrogen-bond acceptors (Lipinski definition) is 5. The topological polar surface area (TPSA) is 93.7 Å². The highest BCUT2D eigenvalue weighted by Gasteiger charge is 2.52. The fourth-order valence-corrected chi connectivity index (χ4v) is 4.01. The van der Waals surface area contributed by atoms with Crippen LogP contribution in [0.5, 0.6) is 0 Å². The van der Waals surface area contributed by atoms with Gasteiger partial charge < -0.3 is 4.90 Å². The van der Waals surface area contributed by atoms with Gasteiger partial charge in [0.25, 0.3) is 0 Å². The number of amidine groups is 1. The minimum Gasteiger partial charge on any atom is -0.323 e. The number of hydrogen-bond donors (Lipinski definition) is 1. The van der Waals surface area contributed by atoms with Crippen molar-refractivity contribution in [2.24, 2.45) is 5.41 Å². The Hall–Kier alpha value is -2.38. The SMILES string of the molecule is CC1(C)C(=O)C(C#N)=C[C@@]2(P)C(=N)N(c3cncnc3)CC=C12. The highest BCUT2D eigenvalue weighted by atomic mass is 31.0. The molecule has 23 heavy (non-hydrogen) atoms. The van der Waals surface area contributed by atoms with Gasteiger partial charge in [0, 0.05) is 6.54 Å². The maximum Gasteiger partial charge on any atom is 0.182 e. The van der Waals surface area contributed by atoms with Crippen molar-refractivity contribution in [1.82, 2.24) is 9.97 Å². The summed E-state index contributed by atoms with van der Waals surface area (Å²) in [5.41, 5.74) is 0.819. The third-order valence-corrected chi connectivity index (χ3v) is 5.17. The Bertz CT molecular complexity index is 806. The van der Waals surface area contributed by atoms with Crippen LogP contribution in [0.15, 0.2) is 42.0 Å². The number of nitriles is 1. The second-order valence-electron chi connectivity index (χ2n) is 6.17. The molecule has 7 heteroatoms. The molecule has 1 aromatic heterocycles. The highest BCUT2D eigenvalue weighted by Crippen LogP contribution is 2.50. The van der Waals surface area contributed by atoms with Gasteiger partial charge in [0.15, 0.2) is 5.78 Å². The van der Waals surface area contributed by atoms with E-state index >= 15 is 0 Å². The van der Waals surface area contributed by atoms with Crippen LogP contribution in [0.4, 0.5) is 5.69 Å². The summed E-state index contributed by atoms with van der Waals surface area (Å²) in [6, 6.07) is 1.97. The number of fused-ring (bicyclic) bond motifs is 1. The molecular weight excluding hydrogens is 309 g/mol. The van der Waals surface area contributed by atoms with Gasteiger partial charge >= 0.3 is 0 Å². The number of aromatic nitrogens is 2. The van der Waals surface area contributed by atoms with E-state index in [1.54, 1.807) is 37.2 Å². The van der Waals surface area contributed by atoms with Crippen molar-refractivity contribution in [3.63, 3.8) is 0 Å². The van der Waals surface area contributed by atoms with Crippen LogP contribution in [0.1, 0.15) is 13.8 Å². The van der Waals surface area contributed by atoms with E-state index in [9.17, 15) is 10.1 Å². The molecular formula is C16H16N5OP. The Kier molecular flexibility index (Phi) is 3.42. The van der Waals surface area contributed by atoms with Crippen molar-refractivity contribution in [3.8, 4) is 6.07 Å². The zero-order valence-electron chi connectivity index (χ0n) is 12.9. The van der Waals surface area contributed by atoms with E-state index in [2.05, 4.69) is 19.2 Å². The largest absolute Gasteiger partial charge is 0.323 e. The van der Waals surface area contributed by atoms with Gasteiger partial charge in [-0.05, 0) is 25.5 Å². The lowest BCUT2D eigenvalue weighted by Gasteiger charge is -2.47. The normalized spacial score (nSPS) is 26.1. The van der Waals surface area contributed by atoms with E-state index in [1.165, 1.54) is 6.33 Å². The quantitative estimate of drug-likeness (QED) is 0.628. The van der Waals surface area contributed by atoms with Crippen LogP contribution in [0.3, 0.4) is 0 Å². The summed E-state index contributed by atoms with van der Waals surface area (Å²) < 4.78 is 0. The van der Waals surface area contributed by atoms with Crippen molar-refractivity contribution in [2.45, 2.75) is 19.0 Å². The van der Waals surface area contributed by atoms with Crippen LogP contribution in [-0.2, 0) is 4.79 Å². The van der Waals surface area contributed by atoms with Crippen molar-refractivity contribution in [2.75, 3.05) is 11.4 Å². The molecule has 0 spiro atoms. The number of Topliss-reactive ketones (excluding diaryl/α,β-unsaturated/α-hetero) is 1. The summed E-state index contributed by atoms with van der Waals surface area (Å²) in [6.07, 6.45) is 8.26. The molecule has 0 amide bonds. The van der Waals surface area contributed by atoms with Crippen LogP contribution in [0, 0.1) is 22.2 Å². The molecule has 1 aliphatic carbocycles. The molecule has 0 fully saturated rings. The van der Waals surface area contributed by atoms with Gasteiger partial charge in [0.05, 0.1) is 34.2 Å². The summed E-state index contributed by atoms with van der Waals surface area (Å²) in [5, 5.41) is 17.1. The zero-order chi connectivity index (χ0) is 16.8. The first-order chi connectivity index (χ1) is 10.8. The minimum atomic E-state index is -0.878. The first-order valence-corrected chi connectivity index (χ1v) is 7.69. The molecule has 0 radical (unpaired) electrons. The molecule has 0 saturated heterocycles. The summed E-state index contributed by atoms with van der Waals surface area (Å²) in [7, 11) is 2.65. The van der Waals surface area contributed by atoms with Crippen molar-refractivity contribution in [1.29, 1.82) is 10.7 Å². The highest BCUT2D eigenvalue weighted by molar-refractivity contribution is 7.22. The van der Waals surface area contributed by atoms with E-state index in [0.29, 0.717) is 12.2 Å². The third kappa shape index (κ3) is 2.12. The average molecular weight is 325 g/mol. The number of allylic oxidation sites excluding steroid dienone is 1. The van der Waals surface area contributed by atoms with Crippen molar-refractivity contribution in [3.05, 3.63) is 42.0 Å². The smallest absolute Gasteiger partial charge is 0.182 e. The molecule has 0 aromatic carbocycles. The maximum atomic E-state index is 12.5. The van der Waals surface area contributed by atoms with E-state index in [1.807, 2.05) is 12.1 Å². The second kappa shape index (κ2) is 5.07. The predicted octanol–water partition coefficient (Wildman–Crippen LogP) is 1.87. The lowest BCUT2D eigenvalue weighted by Crippen LogP contribution is -2.55. The van der Waals surface area contributed by atoms with Gasteiger partial charge in [0.1, 0.15) is 18.2 Å². The average Bonchev–Trinajstić information content (AvgIpc) is 2.54. The number of rotatable bonds is 1. The van der Waals surface area contributed by atoms with Crippen LogP contribution in [0.2, 0.25) is 0 Å². The fraction of sp³-hybridized carbons (Fsp3) is 0.312. The van der Waals surface area contributed by atoms with Crippen LogP contribution in [-0.4, -0.2) is 33.3 Å². The summed E-state index contributed by atoms with van der Waals surface area (Å²) in [4.78, 5) is 22.2. The zero-order valence-corrected chi connectivity index (χ0v) is 14.0. The molecule has 1 aromatic rings. The van der Waals surface area contributed by atoms with Gasteiger partial charge in [-0.3, -0.25) is 10.2 Å².